The summed E-state index contributed by atoms with van der Waals surface area (Å²) in [6.45, 7) is 3.11. The first kappa shape index (κ1) is 18.5. The summed E-state index contributed by atoms with van der Waals surface area (Å²) in [7, 11) is 1.62. The Labute approximate surface area is 181 Å². The van der Waals surface area contributed by atoms with E-state index in [0.29, 0.717) is 18.1 Å². The molecule has 1 fully saturated rings. The maximum atomic E-state index is 13.0. The molecule has 6 rings (SSSR count). The Morgan fingerprint density at radius 2 is 1.97 bits per heavy atom. The molecule has 1 N–H and O–H groups in total. The number of imidazole rings is 1. The summed E-state index contributed by atoms with van der Waals surface area (Å²) in [4.78, 5) is 20.1. The zero-order valence-corrected chi connectivity index (χ0v) is 17.7. The fraction of sp³-hybridized carbons (Fsp3) is 0.417. The number of ketones is 1. The zero-order valence-electron chi connectivity index (χ0n) is 17.7. The molecule has 7 heteroatoms. The highest BCUT2D eigenvalue weighted by molar-refractivity contribution is 6.14. The molecule has 0 bridgehead atoms. The third-order valence-electron chi connectivity index (χ3n) is 6.94. The Balaban J connectivity index is 1.19. The van der Waals surface area contributed by atoms with Crippen molar-refractivity contribution in [1.82, 2.24) is 9.55 Å². The first-order chi connectivity index (χ1) is 15.2. The quantitative estimate of drug-likeness (QED) is 0.679. The number of fused-ring (bicyclic) bond motifs is 4. The second-order valence-electron chi connectivity index (χ2n) is 8.68. The minimum Gasteiger partial charge on any atom is -0.493 e. The van der Waals surface area contributed by atoms with Gasteiger partial charge in [0.1, 0.15) is 12.1 Å². The highest BCUT2D eigenvalue weighted by Gasteiger charge is 2.47. The number of anilines is 2. The lowest BCUT2D eigenvalue weighted by atomic mass is 9.92. The summed E-state index contributed by atoms with van der Waals surface area (Å²) in [6, 6.07) is 12.0. The van der Waals surface area contributed by atoms with E-state index in [2.05, 4.69) is 33.0 Å². The lowest BCUT2D eigenvalue weighted by Gasteiger charge is -2.21. The lowest BCUT2D eigenvalue weighted by Crippen LogP contribution is -2.38. The van der Waals surface area contributed by atoms with Crippen LogP contribution in [0.25, 0.3) is 11.0 Å². The number of rotatable bonds is 5. The van der Waals surface area contributed by atoms with Crippen molar-refractivity contribution < 1.29 is 14.3 Å². The van der Waals surface area contributed by atoms with Gasteiger partial charge in [-0.15, -0.1) is 0 Å². The number of aromatic nitrogens is 2. The highest BCUT2D eigenvalue weighted by Crippen LogP contribution is 2.46. The van der Waals surface area contributed by atoms with Crippen LogP contribution < -0.4 is 19.7 Å². The van der Waals surface area contributed by atoms with E-state index >= 15 is 0 Å². The standard InChI is InChI=1S/C24H26N4O3/c1-30-20-14-16-18(26-24(22(16)29)8-4-5-9-24)15-21(20)31-13-12-27-10-11-28-19-7-3-2-6-17(19)25-23(27)28/h2-3,6-7,14-15,26H,4-5,8-13H2,1H3. The Kier molecular flexibility index (Phi) is 4.13. The molecule has 0 unspecified atom stereocenters. The van der Waals surface area contributed by atoms with Crippen molar-refractivity contribution in [3.63, 3.8) is 0 Å². The molecule has 1 aromatic heterocycles. The minimum atomic E-state index is -0.416. The third kappa shape index (κ3) is 2.79. The number of hydrogen-bond donors (Lipinski definition) is 1. The first-order valence-electron chi connectivity index (χ1n) is 11.1. The molecule has 0 radical (unpaired) electrons. The topological polar surface area (TPSA) is 68.6 Å². The molecule has 0 amide bonds. The molecule has 0 saturated heterocycles. The van der Waals surface area contributed by atoms with Crippen LogP contribution in [0.1, 0.15) is 36.0 Å². The minimum absolute atomic E-state index is 0.195. The van der Waals surface area contributed by atoms with Gasteiger partial charge in [-0.05, 0) is 31.0 Å². The molecule has 31 heavy (non-hydrogen) atoms. The largest absolute Gasteiger partial charge is 0.493 e. The van der Waals surface area contributed by atoms with E-state index in [1.54, 1.807) is 7.11 Å². The van der Waals surface area contributed by atoms with E-state index in [4.69, 9.17) is 14.5 Å². The van der Waals surface area contributed by atoms with Crippen LogP contribution in [0.5, 0.6) is 11.5 Å². The van der Waals surface area contributed by atoms with Gasteiger partial charge < -0.3 is 24.3 Å². The summed E-state index contributed by atoms with van der Waals surface area (Å²) in [5.41, 5.74) is 3.38. The molecular weight excluding hydrogens is 392 g/mol. The summed E-state index contributed by atoms with van der Waals surface area (Å²) in [6.07, 6.45) is 3.98. The molecular formula is C24H26N4O3. The Morgan fingerprint density at radius 3 is 2.81 bits per heavy atom. The van der Waals surface area contributed by atoms with E-state index in [1.165, 1.54) is 5.52 Å². The van der Waals surface area contributed by atoms with Crippen LogP contribution in [0.2, 0.25) is 0 Å². The Morgan fingerprint density at radius 1 is 1.13 bits per heavy atom. The van der Waals surface area contributed by atoms with Gasteiger partial charge in [0.05, 0.1) is 24.7 Å². The van der Waals surface area contributed by atoms with Gasteiger partial charge in [-0.3, -0.25) is 4.79 Å². The van der Waals surface area contributed by atoms with Crippen LogP contribution in [-0.4, -0.2) is 47.7 Å². The second-order valence-corrected chi connectivity index (χ2v) is 8.68. The summed E-state index contributed by atoms with van der Waals surface area (Å²) in [5, 5.41) is 3.50. The molecule has 2 aliphatic heterocycles. The normalized spacial score (nSPS) is 18.5. The van der Waals surface area contributed by atoms with Crippen LogP contribution in [-0.2, 0) is 6.54 Å². The van der Waals surface area contributed by atoms with Crippen molar-refractivity contribution in [3.05, 3.63) is 42.0 Å². The molecule has 1 saturated carbocycles. The number of nitrogens with one attached hydrogen (secondary N) is 1. The number of carbonyl (C=O) groups excluding carboxylic acids is 1. The Bertz CT molecular complexity index is 1180. The van der Waals surface area contributed by atoms with E-state index in [0.717, 1.165) is 68.0 Å². The van der Waals surface area contributed by atoms with Gasteiger partial charge >= 0.3 is 0 Å². The average Bonchev–Trinajstić information content (AvgIpc) is 3.54. The maximum Gasteiger partial charge on any atom is 0.206 e. The van der Waals surface area contributed by atoms with Gasteiger partial charge in [-0.1, -0.05) is 25.0 Å². The summed E-state index contributed by atoms with van der Waals surface area (Å²) >= 11 is 0. The fourth-order valence-corrected chi connectivity index (χ4v) is 5.35. The van der Waals surface area contributed by atoms with Gasteiger partial charge in [0.25, 0.3) is 0 Å². The second kappa shape index (κ2) is 6.90. The fourth-order valence-electron chi connectivity index (χ4n) is 5.35. The first-order valence-corrected chi connectivity index (χ1v) is 11.1. The molecule has 3 heterocycles. The summed E-state index contributed by atoms with van der Waals surface area (Å²) in [5.74, 6) is 2.48. The molecule has 160 valence electrons. The van der Waals surface area contributed by atoms with Crippen LogP contribution in [0.3, 0.4) is 0 Å². The van der Waals surface area contributed by atoms with E-state index < -0.39 is 5.54 Å². The predicted molar refractivity (Wildman–Crippen MR) is 120 cm³/mol. The maximum absolute atomic E-state index is 13.0. The van der Waals surface area contributed by atoms with Gasteiger partial charge in [0.15, 0.2) is 17.3 Å². The van der Waals surface area contributed by atoms with Crippen molar-refractivity contribution in [2.45, 2.75) is 37.8 Å². The van der Waals surface area contributed by atoms with Crippen LogP contribution in [0.15, 0.2) is 36.4 Å². The molecule has 1 aliphatic carbocycles. The molecule has 0 atom stereocenters. The molecule has 1 spiro atoms. The monoisotopic (exact) mass is 418 g/mol. The van der Waals surface area contributed by atoms with Gasteiger partial charge in [0, 0.05) is 30.4 Å². The van der Waals surface area contributed by atoms with Crippen molar-refractivity contribution in [3.8, 4) is 11.5 Å². The van der Waals surface area contributed by atoms with Crippen molar-refractivity contribution in [2.75, 3.05) is 37.0 Å². The third-order valence-corrected chi connectivity index (χ3v) is 6.94. The van der Waals surface area contributed by atoms with Crippen molar-refractivity contribution >= 4 is 28.5 Å². The number of ether oxygens (including phenoxy) is 2. The predicted octanol–water partition coefficient (Wildman–Crippen LogP) is 3.86. The zero-order chi connectivity index (χ0) is 21.0. The number of methoxy groups -OCH3 is 1. The van der Waals surface area contributed by atoms with Crippen LogP contribution in [0.4, 0.5) is 11.6 Å². The molecule has 2 aromatic carbocycles. The molecule has 3 aromatic rings. The van der Waals surface area contributed by atoms with E-state index in [1.807, 2.05) is 18.2 Å². The smallest absolute Gasteiger partial charge is 0.206 e. The Hall–Kier alpha value is -3.22. The van der Waals surface area contributed by atoms with Crippen molar-refractivity contribution in [2.24, 2.45) is 0 Å². The summed E-state index contributed by atoms with van der Waals surface area (Å²) < 4.78 is 14.0. The number of hydrogen-bond acceptors (Lipinski definition) is 6. The van der Waals surface area contributed by atoms with Gasteiger partial charge in [0.2, 0.25) is 5.95 Å². The van der Waals surface area contributed by atoms with Gasteiger partial charge in [-0.2, -0.15) is 0 Å². The SMILES string of the molecule is COc1cc2c(cc1OCCN1CCn3c1nc1ccccc13)NC1(CCCC1)C2=O. The number of carbonyl (C=O) groups is 1. The van der Waals surface area contributed by atoms with Crippen molar-refractivity contribution in [1.29, 1.82) is 0 Å². The number of nitrogens with zero attached hydrogens (tertiary/aromatic N) is 3. The lowest BCUT2D eigenvalue weighted by molar-refractivity contribution is 0.0921. The van der Waals surface area contributed by atoms with E-state index in [9.17, 15) is 4.79 Å². The van der Waals surface area contributed by atoms with Crippen LogP contribution in [0, 0.1) is 0 Å². The number of para-hydroxylation sites is 2. The number of benzene rings is 2. The van der Waals surface area contributed by atoms with E-state index in [-0.39, 0.29) is 5.78 Å². The molecule has 7 nitrogen and oxygen atoms in total. The van der Waals surface area contributed by atoms with Gasteiger partial charge in [-0.25, -0.2) is 4.98 Å². The molecule has 3 aliphatic rings. The van der Waals surface area contributed by atoms with Crippen LogP contribution >= 0.6 is 0 Å². The average molecular weight is 418 g/mol. The number of Topliss-reactive ketones (excluding diaryl/α,β-unsaturated/α-hetero) is 1. The highest BCUT2D eigenvalue weighted by atomic mass is 16.5.